The van der Waals surface area contributed by atoms with Gasteiger partial charge in [-0.25, -0.2) is 17.9 Å². The first kappa shape index (κ1) is 18.1. The number of fused-ring (bicyclic) bond motifs is 1. The lowest BCUT2D eigenvalue weighted by Crippen LogP contribution is -2.33. The Kier molecular flexibility index (Phi) is 5.23. The number of carboxylic acid groups (broad SMARTS) is 1. The van der Waals surface area contributed by atoms with Crippen LogP contribution in [0, 0.1) is 0 Å². The molecule has 0 unspecified atom stereocenters. The lowest BCUT2D eigenvalue weighted by molar-refractivity contribution is 0.0692. The minimum absolute atomic E-state index is 0.0757. The van der Waals surface area contributed by atoms with Crippen LogP contribution in [0.4, 0.5) is 0 Å². The predicted octanol–water partition coefficient (Wildman–Crippen LogP) is 1.05. The molecule has 10 heteroatoms. The summed E-state index contributed by atoms with van der Waals surface area (Å²) in [6.45, 7) is 3.49. The van der Waals surface area contributed by atoms with Crippen LogP contribution in [-0.4, -0.2) is 41.9 Å². The molecule has 2 aromatic heterocycles. The summed E-state index contributed by atoms with van der Waals surface area (Å²) in [5.74, 6) is -1.19. The molecule has 0 saturated heterocycles. The minimum Gasteiger partial charge on any atom is -0.478 e. The van der Waals surface area contributed by atoms with E-state index in [4.69, 9.17) is 0 Å². The molecule has 1 atom stereocenters. The summed E-state index contributed by atoms with van der Waals surface area (Å²) >= 11 is 1.04. The van der Waals surface area contributed by atoms with E-state index >= 15 is 0 Å². The second-order valence-electron chi connectivity index (χ2n) is 5.98. The number of aromatic carboxylic acids is 1. The Hall–Kier alpha value is -1.75. The van der Waals surface area contributed by atoms with Crippen LogP contribution >= 0.6 is 11.3 Å². The summed E-state index contributed by atoms with van der Waals surface area (Å²) in [6.07, 6.45) is 4.55. The van der Waals surface area contributed by atoms with Gasteiger partial charge in [-0.15, -0.1) is 11.3 Å². The number of sulfonamides is 1. The second-order valence-corrected chi connectivity index (χ2v) is 8.99. The molecule has 0 aliphatic carbocycles. The third-order valence-corrected chi connectivity index (χ3v) is 7.40. The summed E-state index contributed by atoms with van der Waals surface area (Å²) in [7, 11) is -3.89. The molecule has 0 fully saturated rings. The lowest BCUT2D eigenvalue weighted by atomic mass is 10.1. The van der Waals surface area contributed by atoms with Crippen molar-refractivity contribution < 1.29 is 18.3 Å². The normalized spacial score (nSPS) is 15.7. The number of aryl methyl sites for hydroxylation is 1. The van der Waals surface area contributed by atoms with Gasteiger partial charge >= 0.3 is 5.97 Å². The minimum atomic E-state index is -3.89. The Labute approximate surface area is 149 Å². The average Bonchev–Trinajstić information content (AvgIpc) is 3.20. The van der Waals surface area contributed by atoms with Crippen molar-refractivity contribution in [3.05, 3.63) is 34.5 Å². The SMILES string of the molecule is C[C@H](CCn1cccn1)NS(=O)(=O)c1sc2c(c1C(=O)O)CCNC2. The maximum atomic E-state index is 12.7. The van der Waals surface area contributed by atoms with E-state index in [1.165, 1.54) is 0 Å². The molecule has 0 bridgehead atoms. The van der Waals surface area contributed by atoms with Crippen molar-refractivity contribution >= 4 is 27.3 Å². The van der Waals surface area contributed by atoms with E-state index in [0.717, 1.165) is 16.2 Å². The monoisotopic (exact) mass is 384 g/mol. The van der Waals surface area contributed by atoms with E-state index in [9.17, 15) is 18.3 Å². The Morgan fingerprint density at radius 2 is 2.36 bits per heavy atom. The maximum Gasteiger partial charge on any atom is 0.338 e. The van der Waals surface area contributed by atoms with Gasteiger partial charge in [-0.05, 0) is 37.9 Å². The van der Waals surface area contributed by atoms with Crippen molar-refractivity contribution in [3.63, 3.8) is 0 Å². The van der Waals surface area contributed by atoms with Gasteiger partial charge in [0.1, 0.15) is 4.21 Å². The van der Waals surface area contributed by atoms with Crippen molar-refractivity contribution in [1.29, 1.82) is 0 Å². The average molecular weight is 384 g/mol. The largest absolute Gasteiger partial charge is 0.478 e. The predicted molar refractivity (Wildman–Crippen MR) is 93.3 cm³/mol. The zero-order valence-corrected chi connectivity index (χ0v) is 15.4. The van der Waals surface area contributed by atoms with Gasteiger partial charge < -0.3 is 10.4 Å². The van der Waals surface area contributed by atoms with Crippen LogP contribution in [0.2, 0.25) is 0 Å². The summed E-state index contributed by atoms with van der Waals surface area (Å²) in [6, 6.07) is 1.46. The highest BCUT2D eigenvalue weighted by molar-refractivity contribution is 7.91. The number of rotatable bonds is 7. The van der Waals surface area contributed by atoms with Crippen molar-refractivity contribution in [2.24, 2.45) is 0 Å². The van der Waals surface area contributed by atoms with Gasteiger partial charge in [-0.2, -0.15) is 5.10 Å². The quantitative estimate of drug-likeness (QED) is 0.657. The molecule has 25 heavy (non-hydrogen) atoms. The van der Waals surface area contributed by atoms with Crippen LogP contribution in [-0.2, 0) is 29.5 Å². The van der Waals surface area contributed by atoms with Crippen LogP contribution in [0.15, 0.2) is 22.7 Å². The zero-order valence-electron chi connectivity index (χ0n) is 13.7. The number of carbonyl (C=O) groups is 1. The van der Waals surface area contributed by atoms with E-state index in [0.29, 0.717) is 38.0 Å². The van der Waals surface area contributed by atoms with Gasteiger partial charge in [-0.1, -0.05) is 0 Å². The third-order valence-electron chi connectivity index (χ3n) is 4.06. The van der Waals surface area contributed by atoms with Crippen molar-refractivity contribution in [2.45, 2.75) is 43.1 Å². The molecule has 1 aliphatic heterocycles. The van der Waals surface area contributed by atoms with Gasteiger partial charge in [-0.3, -0.25) is 4.68 Å². The Balaban J connectivity index is 1.79. The molecule has 136 valence electrons. The Morgan fingerprint density at radius 3 is 3.04 bits per heavy atom. The molecule has 3 rings (SSSR count). The summed E-state index contributed by atoms with van der Waals surface area (Å²) < 4.78 is 29.7. The fourth-order valence-electron chi connectivity index (χ4n) is 2.85. The number of aromatic nitrogens is 2. The fourth-order valence-corrected chi connectivity index (χ4v) is 6.01. The van der Waals surface area contributed by atoms with Crippen LogP contribution < -0.4 is 10.0 Å². The van der Waals surface area contributed by atoms with Crippen LogP contribution in [0.1, 0.15) is 34.1 Å². The number of thiophene rings is 1. The topological polar surface area (TPSA) is 113 Å². The molecule has 0 radical (unpaired) electrons. The molecular weight excluding hydrogens is 364 g/mol. The molecule has 3 heterocycles. The zero-order chi connectivity index (χ0) is 18.0. The molecule has 0 aromatic carbocycles. The van der Waals surface area contributed by atoms with E-state index in [1.54, 1.807) is 23.9 Å². The molecule has 3 N–H and O–H groups in total. The number of nitrogens with one attached hydrogen (secondary N) is 2. The molecule has 8 nitrogen and oxygen atoms in total. The van der Waals surface area contributed by atoms with Crippen molar-refractivity contribution in [3.8, 4) is 0 Å². The highest BCUT2D eigenvalue weighted by atomic mass is 32.2. The van der Waals surface area contributed by atoms with Crippen LogP contribution in [0.25, 0.3) is 0 Å². The second kappa shape index (κ2) is 7.24. The number of hydrogen-bond acceptors (Lipinski definition) is 6. The summed E-state index contributed by atoms with van der Waals surface area (Å²) in [4.78, 5) is 12.4. The van der Waals surface area contributed by atoms with Gasteiger partial charge in [0.15, 0.2) is 0 Å². The number of carboxylic acids is 1. The number of hydrogen-bond donors (Lipinski definition) is 3. The first-order valence-electron chi connectivity index (χ1n) is 7.97. The molecule has 1 aliphatic rings. The Bertz CT molecular complexity index is 858. The summed E-state index contributed by atoms with van der Waals surface area (Å²) in [5.41, 5.74) is 0.564. The molecule has 2 aromatic rings. The van der Waals surface area contributed by atoms with E-state index < -0.39 is 16.0 Å². The van der Waals surface area contributed by atoms with Gasteiger partial charge in [0, 0.05) is 36.4 Å². The smallest absolute Gasteiger partial charge is 0.338 e. The van der Waals surface area contributed by atoms with Crippen molar-refractivity contribution in [2.75, 3.05) is 6.54 Å². The first-order chi connectivity index (χ1) is 11.9. The first-order valence-corrected chi connectivity index (χ1v) is 10.3. The highest BCUT2D eigenvalue weighted by Gasteiger charge is 2.32. The van der Waals surface area contributed by atoms with Crippen molar-refractivity contribution in [1.82, 2.24) is 19.8 Å². The molecular formula is C15H20N4O4S2. The van der Waals surface area contributed by atoms with E-state index in [2.05, 4.69) is 15.1 Å². The lowest BCUT2D eigenvalue weighted by Gasteiger charge is -2.14. The van der Waals surface area contributed by atoms with Gasteiger partial charge in [0.2, 0.25) is 0 Å². The third kappa shape index (κ3) is 3.92. The van der Waals surface area contributed by atoms with Gasteiger partial charge in [0.25, 0.3) is 10.0 Å². The number of nitrogens with zero attached hydrogens (tertiary/aromatic N) is 2. The standard InChI is InChI=1S/C15H20N4O4S2/c1-10(4-8-19-7-2-5-17-19)18-25(22,23)15-13(14(20)21)11-3-6-16-9-12(11)24-15/h2,5,7,10,16,18H,3-4,6,8-9H2,1H3,(H,20,21)/t10-/m1/s1. The maximum absolute atomic E-state index is 12.7. The molecule has 0 amide bonds. The van der Waals surface area contributed by atoms with Gasteiger partial charge in [0.05, 0.1) is 5.56 Å². The Morgan fingerprint density at radius 1 is 1.56 bits per heavy atom. The van der Waals surface area contributed by atoms with E-state index in [-0.39, 0.29) is 15.8 Å². The molecule has 0 spiro atoms. The van der Waals surface area contributed by atoms with E-state index in [1.807, 2.05) is 6.20 Å². The van der Waals surface area contributed by atoms with Crippen LogP contribution in [0.3, 0.4) is 0 Å². The summed E-state index contributed by atoms with van der Waals surface area (Å²) in [5, 5.41) is 16.7. The fraction of sp³-hybridized carbons (Fsp3) is 0.467. The van der Waals surface area contributed by atoms with Crippen LogP contribution in [0.5, 0.6) is 0 Å². The molecule has 0 saturated carbocycles. The highest BCUT2D eigenvalue weighted by Crippen LogP contribution is 2.34.